The summed E-state index contributed by atoms with van der Waals surface area (Å²) >= 11 is 0. The van der Waals surface area contributed by atoms with Crippen molar-refractivity contribution in [2.75, 3.05) is 47.4 Å². The van der Waals surface area contributed by atoms with Crippen molar-refractivity contribution < 1.29 is 9.47 Å². The fourth-order valence-electron chi connectivity index (χ4n) is 3.28. The number of hydrogen-bond donors (Lipinski definition) is 0. The van der Waals surface area contributed by atoms with E-state index < -0.39 is 6.29 Å². The van der Waals surface area contributed by atoms with Crippen molar-refractivity contribution in [3.8, 4) is 0 Å². The van der Waals surface area contributed by atoms with E-state index in [0.717, 1.165) is 49.6 Å². The summed E-state index contributed by atoms with van der Waals surface area (Å²) in [5, 5.41) is 0. The molecule has 2 rings (SSSR count). The highest BCUT2D eigenvalue weighted by Crippen LogP contribution is 2.22. The normalized spacial score (nSPS) is 17.9. The Morgan fingerprint density at radius 2 is 1.68 bits per heavy atom. The molecule has 0 spiro atoms. The van der Waals surface area contributed by atoms with E-state index in [-0.39, 0.29) is 0 Å². The summed E-state index contributed by atoms with van der Waals surface area (Å²) < 4.78 is 11.1. The third-order valence-electron chi connectivity index (χ3n) is 5.25. The molecule has 0 N–H and O–H groups in total. The Kier molecular flexibility index (Phi) is 8.90. The number of aliphatic imine (C=N–C) groups is 1. The second kappa shape index (κ2) is 11.1. The number of allylic oxidation sites excluding steroid dienone is 2. The van der Waals surface area contributed by atoms with Crippen LogP contribution in [0.5, 0.6) is 0 Å². The van der Waals surface area contributed by atoms with Crippen LogP contribution in [0.3, 0.4) is 0 Å². The molecule has 0 bridgehead atoms. The average molecular weight is 386 g/mol. The predicted molar refractivity (Wildman–Crippen MR) is 117 cm³/mol. The minimum atomic E-state index is -0.509. The summed E-state index contributed by atoms with van der Waals surface area (Å²) in [7, 11) is 5.48. The topological polar surface area (TPSA) is 37.3 Å². The van der Waals surface area contributed by atoms with Gasteiger partial charge in [0.05, 0.1) is 5.70 Å². The van der Waals surface area contributed by atoms with Crippen LogP contribution in [0, 0.1) is 0 Å². The standard InChI is InChI=1S/C23H35N3O2/c1-7-18(2)22(26-15-13-25(4)14-16-26)17-21(23(27-5)28-6)24-19(3)20-11-9-8-10-12-20/h8-12,17,23H,7,13-16H2,1-6H3/b21-17-,22-18-,24-19?. The molecule has 0 unspecified atom stereocenters. The molecule has 0 radical (unpaired) electrons. The maximum atomic E-state index is 5.57. The first-order valence-corrected chi connectivity index (χ1v) is 10.0. The lowest BCUT2D eigenvalue weighted by Crippen LogP contribution is -2.44. The van der Waals surface area contributed by atoms with E-state index in [1.807, 2.05) is 25.1 Å². The van der Waals surface area contributed by atoms with Gasteiger partial charge in [-0.1, -0.05) is 42.8 Å². The summed E-state index contributed by atoms with van der Waals surface area (Å²) in [6.07, 6.45) is 2.64. The Bertz CT molecular complexity index is 698. The molecule has 0 aliphatic carbocycles. The molecule has 5 nitrogen and oxygen atoms in total. The number of nitrogens with zero attached hydrogens (tertiary/aromatic N) is 3. The molecular formula is C23H35N3O2. The fraction of sp³-hybridized carbons (Fsp3) is 0.522. The van der Waals surface area contributed by atoms with E-state index in [9.17, 15) is 0 Å². The van der Waals surface area contributed by atoms with Crippen LogP contribution in [-0.2, 0) is 9.47 Å². The molecule has 1 fully saturated rings. The van der Waals surface area contributed by atoms with Crippen LogP contribution in [0.25, 0.3) is 0 Å². The van der Waals surface area contributed by atoms with Crippen molar-refractivity contribution >= 4 is 5.71 Å². The number of piperazine rings is 1. The Hall–Kier alpha value is -1.95. The molecule has 0 aromatic heterocycles. The lowest BCUT2D eigenvalue weighted by molar-refractivity contribution is -0.0755. The van der Waals surface area contributed by atoms with Gasteiger partial charge in [-0.25, -0.2) is 0 Å². The molecule has 0 amide bonds. The Balaban J connectivity index is 2.45. The summed E-state index contributed by atoms with van der Waals surface area (Å²) in [5.41, 5.74) is 5.40. The van der Waals surface area contributed by atoms with E-state index in [1.165, 1.54) is 11.3 Å². The average Bonchev–Trinajstić information content (AvgIpc) is 2.73. The first kappa shape index (κ1) is 22.3. The highest BCUT2D eigenvalue weighted by atomic mass is 16.7. The van der Waals surface area contributed by atoms with Gasteiger partial charge >= 0.3 is 0 Å². The number of ether oxygens (including phenoxy) is 2. The quantitative estimate of drug-likeness (QED) is 0.386. The third-order valence-corrected chi connectivity index (χ3v) is 5.25. The number of hydrogen-bond acceptors (Lipinski definition) is 5. The number of methoxy groups -OCH3 is 2. The van der Waals surface area contributed by atoms with Crippen molar-refractivity contribution in [1.29, 1.82) is 0 Å². The van der Waals surface area contributed by atoms with Gasteiger partial charge in [-0.15, -0.1) is 0 Å². The van der Waals surface area contributed by atoms with E-state index in [4.69, 9.17) is 14.5 Å². The van der Waals surface area contributed by atoms with Crippen molar-refractivity contribution in [2.24, 2.45) is 4.99 Å². The first-order chi connectivity index (χ1) is 13.5. The van der Waals surface area contributed by atoms with Gasteiger partial charge in [-0.2, -0.15) is 0 Å². The predicted octanol–water partition coefficient (Wildman–Crippen LogP) is 3.93. The highest BCUT2D eigenvalue weighted by molar-refractivity contribution is 5.99. The Labute approximate surface area is 170 Å². The number of likely N-dealkylation sites (N-methyl/N-ethyl adjacent to an activating group) is 1. The molecule has 28 heavy (non-hydrogen) atoms. The van der Waals surface area contributed by atoms with Crippen molar-refractivity contribution in [3.63, 3.8) is 0 Å². The summed E-state index contributed by atoms with van der Waals surface area (Å²) in [5.74, 6) is 0. The minimum Gasteiger partial charge on any atom is -0.369 e. The van der Waals surface area contributed by atoms with Gasteiger partial charge in [0.25, 0.3) is 0 Å². The SMILES string of the molecule is CC/C(C)=C(/C=C(\N=C(C)c1ccccc1)C(OC)OC)N1CCN(C)CC1. The zero-order valence-corrected chi connectivity index (χ0v) is 18.2. The second-order valence-corrected chi connectivity index (χ2v) is 7.25. The second-order valence-electron chi connectivity index (χ2n) is 7.25. The van der Waals surface area contributed by atoms with Gasteiger partial charge in [-0.3, -0.25) is 4.99 Å². The van der Waals surface area contributed by atoms with Crippen molar-refractivity contribution in [1.82, 2.24) is 9.80 Å². The monoisotopic (exact) mass is 385 g/mol. The first-order valence-electron chi connectivity index (χ1n) is 10.0. The Morgan fingerprint density at radius 3 is 2.21 bits per heavy atom. The lowest BCUT2D eigenvalue weighted by atomic mass is 10.1. The maximum absolute atomic E-state index is 5.57. The minimum absolute atomic E-state index is 0.509. The van der Waals surface area contributed by atoms with Gasteiger partial charge in [0.2, 0.25) is 6.29 Å². The van der Waals surface area contributed by atoms with Crippen LogP contribution in [0.2, 0.25) is 0 Å². The lowest BCUT2D eigenvalue weighted by Gasteiger charge is -2.36. The number of benzene rings is 1. The van der Waals surface area contributed by atoms with E-state index in [2.05, 4.69) is 48.9 Å². The summed E-state index contributed by atoms with van der Waals surface area (Å²) in [4.78, 5) is 9.73. The van der Waals surface area contributed by atoms with Gasteiger partial charge in [-0.05, 0) is 39.0 Å². The van der Waals surface area contributed by atoms with Gasteiger partial charge < -0.3 is 19.3 Å². The van der Waals surface area contributed by atoms with Crippen molar-refractivity contribution in [2.45, 2.75) is 33.5 Å². The van der Waals surface area contributed by atoms with E-state index >= 15 is 0 Å². The molecule has 1 aliphatic heterocycles. The van der Waals surface area contributed by atoms with Crippen LogP contribution in [-0.4, -0.2) is 69.2 Å². The highest BCUT2D eigenvalue weighted by Gasteiger charge is 2.20. The summed E-state index contributed by atoms with van der Waals surface area (Å²) in [6, 6.07) is 10.2. The smallest absolute Gasteiger partial charge is 0.200 e. The molecular weight excluding hydrogens is 350 g/mol. The molecule has 5 heteroatoms. The molecule has 154 valence electrons. The zero-order valence-electron chi connectivity index (χ0n) is 18.2. The molecule has 1 saturated heterocycles. The molecule has 1 aliphatic rings. The molecule has 1 heterocycles. The zero-order chi connectivity index (χ0) is 20.5. The number of rotatable bonds is 8. The van der Waals surface area contributed by atoms with Crippen LogP contribution < -0.4 is 0 Å². The molecule has 1 aromatic rings. The Morgan fingerprint density at radius 1 is 1.07 bits per heavy atom. The largest absolute Gasteiger partial charge is 0.369 e. The van der Waals surface area contributed by atoms with E-state index in [0.29, 0.717) is 0 Å². The third kappa shape index (κ3) is 6.03. The van der Waals surface area contributed by atoms with Crippen LogP contribution >= 0.6 is 0 Å². The van der Waals surface area contributed by atoms with Gasteiger partial charge in [0.1, 0.15) is 0 Å². The summed E-state index contributed by atoms with van der Waals surface area (Å²) in [6.45, 7) is 10.6. The molecule has 0 atom stereocenters. The maximum Gasteiger partial charge on any atom is 0.200 e. The fourth-order valence-corrected chi connectivity index (χ4v) is 3.28. The van der Waals surface area contributed by atoms with Crippen LogP contribution in [0.1, 0.15) is 32.8 Å². The van der Waals surface area contributed by atoms with Crippen LogP contribution in [0.4, 0.5) is 0 Å². The van der Waals surface area contributed by atoms with E-state index in [1.54, 1.807) is 14.2 Å². The van der Waals surface area contributed by atoms with Gasteiger partial charge in [0.15, 0.2) is 0 Å². The van der Waals surface area contributed by atoms with Crippen molar-refractivity contribution in [3.05, 3.63) is 58.9 Å². The molecule has 1 aromatic carbocycles. The van der Waals surface area contributed by atoms with Gasteiger partial charge in [0, 0.05) is 51.8 Å². The molecule has 0 saturated carbocycles. The van der Waals surface area contributed by atoms with Crippen LogP contribution in [0.15, 0.2) is 58.4 Å².